The lowest BCUT2D eigenvalue weighted by Crippen LogP contribution is -2.32. The van der Waals surface area contributed by atoms with E-state index in [1.807, 2.05) is 30.3 Å². The minimum absolute atomic E-state index is 0.600. The van der Waals surface area contributed by atoms with Gasteiger partial charge in [-0.25, -0.2) is 0 Å². The van der Waals surface area contributed by atoms with Crippen molar-refractivity contribution in [1.82, 2.24) is 10.3 Å². The predicted molar refractivity (Wildman–Crippen MR) is 106 cm³/mol. The summed E-state index contributed by atoms with van der Waals surface area (Å²) in [6.45, 7) is 7.31. The van der Waals surface area contributed by atoms with Gasteiger partial charge in [0.1, 0.15) is 12.4 Å². The molecule has 2 aliphatic rings. The van der Waals surface area contributed by atoms with Gasteiger partial charge in [-0.15, -0.1) is 0 Å². The molecule has 2 aromatic rings. The lowest BCUT2D eigenvalue weighted by molar-refractivity contribution is 0.306. The van der Waals surface area contributed by atoms with Crippen LogP contribution in [0.3, 0.4) is 0 Å². The summed E-state index contributed by atoms with van der Waals surface area (Å²) < 4.78 is 5.88. The number of likely N-dealkylation sites (tertiary alicyclic amines) is 1. The number of nitrogens with one attached hydrogen (secondary N) is 1. The molecule has 4 rings (SSSR count). The second kappa shape index (κ2) is 7.83. The van der Waals surface area contributed by atoms with E-state index in [0.29, 0.717) is 6.61 Å². The Morgan fingerprint density at radius 1 is 0.962 bits per heavy atom. The Hall–Kier alpha value is -2.46. The fourth-order valence-electron chi connectivity index (χ4n) is 3.63. The molecule has 0 saturated carbocycles. The summed E-state index contributed by atoms with van der Waals surface area (Å²) in [5.41, 5.74) is 8.66. The first-order valence-electron chi connectivity index (χ1n) is 9.50. The lowest BCUT2D eigenvalue weighted by atomic mass is 10.2. The van der Waals surface area contributed by atoms with Crippen molar-refractivity contribution in [3.63, 3.8) is 0 Å². The fourth-order valence-corrected chi connectivity index (χ4v) is 3.63. The second-order valence-corrected chi connectivity index (χ2v) is 7.18. The number of anilines is 1. The summed E-state index contributed by atoms with van der Waals surface area (Å²) >= 11 is 0. The molecule has 4 heteroatoms. The molecule has 0 aliphatic carbocycles. The second-order valence-electron chi connectivity index (χ2n) is 7.18. The fraction of sp³-hybridized carbons (Fsp3) is 0.364. The van der Waals surface area contributed by atoms with Crippen LogP contribution in [0.15, 0.2) is 65.9 Å². The van der Waals surface area contributed by atoms with Crippen molar-refractivity contribution in [1.29, 1.82) is 0 Å². The van der Waals surface area contributed by atoms with E-state index in [0.717, 1.165) is 18.8 Å². The lowest BCUT2D eigenvalue weighted by Gasteiger charge is -2.21. The van der Waals surface area contributed by atoms with Gasteiger partial charge >= 0.3 is 0 Å². The standard InChI is InChI=1S/C22H27N3O/c1-18-20(15-24-13-5-6-14-24)16-25(23-18)21-9-11-22(12-10-21)26-17-19-7-3-2-4-8-19/h2-4,7-12,23H,5-6,13-17H2,1H3. The number of benzene rings is 2. The monoisotopic (exact) mass is 349 g/mol. The molecule has 1 N–H and O–H groups in total. The van der Waals surface area contributed by atoms with Crippen LogP contribution in [0.4, 0.5) is 5.69 Å². The zero-order chi connectivity index (χ0) is 17.8. The van der Waals surface area contributed by atoms with Gasteiger partial charge in [0.2, 0.25) is 0 Å². The molecular weight excluding hydrogens is 322 g/mol. The Morgan fingerprint density at radius 3 is 2.42 bits per heavy atom. The Labute approximate surface area is 156 Å². The molecule has 4 nitrogen and oxygen atoms in total. The van der Waals surface area contributed by atoms with Crippen LogP contribution in [0.5, 0.6) is 5.75 Å². The number of ether oxygens (including phenoxy) is 1. The van der Waals surface area contributed by atoms with Crippen molar-refractivity contribution in [2.75, 3.05) is 31.2 Å². The molecule has 2 heterocycles. The molecule has 0 radical (unpaired) electrons. The summed E-state index contributed by atoms with van der Waals surface area (Å²) in [6, 6.07) is 18.6. The topological polar surface area (TPSA) is 27.7 Å². The Morgan fingerprint density at radius 2 is 1.69 bits per heavy atom. The molecule has 0 atom stereocenters. The quantitative estimate of drug-likeness (QED) is 0.854. The largest absolute Gasteiger partial charge is 0.489 e. The summed E-state index contributed by atoms with van der Waals surface area (Å²) in [5.74, 6) is 0.902. The Balaban J connectivity index is 1.32. The Bertz CT molecular complexity index is 749. The number of nitrogens with zero attached hydrogens (tertiary/aromatic N) is 2. The van der Waals surface area contributed by atoms with Crippen LogP contribution in [-0.4, -0.2) is 31.1 Å². The van der Waals surface area contributed by atoms with E-state index in [1.165, 1.54) is 48.5 Å². The highest BCUT2D eigenvalue weighted by Gasteiger charge is 2.22. The maximum absolute atomic E-state index is 5.88. The van der Waals surface area contributed by atoms with Crippen LogP contribution in [0.1, 0.15) is 25.3 Å². The highest BCUT2D eigenvalue weighted by Crippen LogP contribution is 2.24. The maximum Gasteiger partial charge on any atom is 0.119 e. The molecule has 1 fully saturated rings. The van der Waals surface area contributed by atoms with Gasteiger partial charge in [-0.05, 0) is 68.3 Å². The van der Waals surface area contributed by atoms with E-state index >= 15 is 0 Å². The van der Waals surface area contributed by atoms with E-state index < -0.39 is 0 Å². The highest BCUT2D eigenvalue weighted by atomic mass is 16.5. The highest BCUT2D eigenvalue weighted by molar-refractivity contribution is 5.52. The normalized spacial score (nSPS) is 17.7. The first kappa shape index (κ1) is 17.0. The van der Waals surface area contributed by atoms with Gasteiger partial charge in [0.15, 0.2) is 0 Å². The van der Waals surface area contributed by atoms with Gasteiger partial charge < -0.3 is 10.2 Å². The van der Waals surface area contributed by atoms with Gasteiger partial charge in [-0.3, -0.25) is 9.91 Å². The summed E-state index contributed by atoms with van der Waals surface area (Å²) in [4.78, 5) is 2.56. The van der Waals surface area contributed by atoms with Crippen molar-refractivity contribution >= 4 is 5.69 Å². The van der Waals surface area contributed by atoms with Crippen LogP contribution in [0.2, 0.25) is 0 Å². The number of allylic oxidation sites excluding steroid dienone is 1. The zero-order valence-corrected chi connectivity index (χ0v) is 15.4. The van der Waals surface area contributed by atoms with Crippen LogP contribution in [0.25, 0.3) is 0 Å². The third-order valence-electron chi connectivity index (χ3n) is 5.19. The van der Waals surface area contributed by atoms with E-state index in [-0.39, 0.29) is 0 Å². The average molecular weight is 349 g/mol. The Kier molecular flexibility index (Phi) is 5.12. The molecular formula is C22H27N3O. The molecule has 136 valence electrons. The number of hydrazine groups is 1. The predicted octanol–water partition coefficient (Wildman–Crippen LogP) is 3.96. The van der Waals surface area contributed by atoms with Crippen LogP contribution in [0, 0.1) is 0 Å². The molecule has 0 unspecified atom stereocenters. The van der Waals surface area contributed by atoms with Crippen molar-refractivity contribution in [2.24, 2.45) is 0 Å². The van der Waals surface area contributed by atoms with Gasteiger partial charge in [0, 0.05) is 12.2 Å². The first-order chi connectivity index (χ1) is 12.8. The molecule has 0 aromatic heterocycles. The van der Waals surface area contributed by atoms with Crippen molar-refractivity contribution in [2.45, 2.75) is 26.4 Å². The summed E-state index contributed by atoms with van der Waals surface area (Å²) in [7, 11) is 0. The van der Waals surface area contributed by atoms with Gasteiger partial charge in [-0.1, -0.05) is 30.3 Å². The molecule has 1 saturated heterocycles. The van der Waals surface area contributed by atoms with Crippen molar-refractivity contribution in [3.05, 3.63) is 71.4 Å². The molecule has 0 amide bonds. The van der Waals surface area contributed by atoms with Gasteiger partial charge in [-0.2, -0.15) is 0 Å². The number of hydrogen-bond acceptors (Lipinski definition) is 4. The summed E-state index contributed by atoms with van der Waals surface area (Å²) in [5, 5.41) is 2.22. The van der Waals surface area contributed by atoms with Crippen LogP contribution >= 0.6 is 0 Å². The first-order valence-corrected chi connectivity index (χ1v) is 9.50. The van der Waals surface area contributed by atoms with Crippen molar-refractivity contribution < 1.29 is 4.74 Å². The van der Waals surface area contributed by atoms with E-state index in [2.05, 4.69) is 46.5 Å². The van der Waals surface area contributed by atoms with Crippen LogP contribution < -0.4 is 15.2 Å². The SMILES string of the molecule is CC1=C(CN2CCCC2)CN(c2ccc(OCc3ccccc3)cc2)N1. The minimum atomic E-state index is 0.600. The number of rotatable bonds is 6. The van der Waals surface area contributed by atoms with Gasteiger partial charge in [0.25, 0.3) is 0 Å². The molecule has 2 aliphatic heterocycles. The molecule has 2 aromatic carbocycles. The van der Waals surface area contributed by atoms with Crippen LogP contribution in [-0.2, 0) is 6.61 Å². The van der Waals surface area contributed by atoms with Gasteiger partial charge in [0.05, 0.1) is 12.2 Å². The van der Waals surface area contributed by atoms with E-state index in [1.54, 1.807) is 0 Å². The zero-order valence-electron chi connectivity index (χ0n) is 15.4. The van der Waals surface area contributed by atoms with E-state index in [9.17, 15) is 0 Å². The number of hydrogen-bond donors (Lipinski definition) is 1. The molecule has 0 spiro atoms. The average Bonchev–Trinajstić information content (AvgIpc) is 3.32. The maximum atomic E-state index is 5.88. The van der Waals surface area contributed by atoms with E-state index in [4.69, 9.17) is 4.74 Å². The third-order valence-corrected chi connectivity index (χ3v) is 5.19. The smallest absolute Gasteiger partial charge is 0.119 e. The van der Waals surface area contributed by atoms with Crippen molar-refractivity contribution in [3.8, 4) is 5.75 Å². The third kappa shape index (κ3) is 4.02. The molecule has 26 heavy (non-hydrogen) atoms. The minimum Gasteiger partial charge on any atom is -0.489 e. The molecule has 0 bridgehead atoms. The summed E-state index contributed by atoms with van der Waals surface area (Å²) in [6.07, 6.45) is 2.68.